The summed E-state index contributed by atoms with van der Waals surface area (Å²) >= 11 is 6.25. The molecule has 3 aromatic rings. The number of halogens is 1. The monoisotopic (exact) mass is 482 g/mol. The van der Waals surface area contributed by atoms with Gasteiger partial charge in [0.1, 0.15) is 10.8 Å². The van der Waals surface area contributed by atoms with E-state index in [2.05, 4.69) is 27.2 Å². The highest BCUT2D eigenvalue weighted by molar-refractivity contribution is 6.33. The summed E-state index contributed by atoms with van der Waals surface area (Å²) in [6, 6.07) is 12.1. The van der Waals surface area contributed by atoms with Gasteiger partial charge in [-0.15, -0.1) is 0 Å². The zero-order valence-electron chi connectivity index (χ0n) is 18.0. The van der Waals surface area contributed by atoms with Crippen LogP contribution < -0.4 is 26.6 Å². The number of hydrogen-bond acceptors (Lipinski definition) is 9. The molecule has 0 radical (unpaired) electrons. The molecule has 0 spiro atoms. The second-order valence-corrected chi connectivity index (χ2v) is 7.39. The topological polar surface area (TPSA) is 151 Å². The van der Waals surface area contributed by atoms with Crippen LogP contribution in [0.25, 0.3) is 0 Å². The number of allylic oxidation sites excluding steroid dienone is 1. The molecule has 0 aliphatic carbocycles. The van der Waals surface area contributed by atoms with E-state index in [1.807, 2.05) is 0 Å². The number of carbonyl (C=O) groups is 2. The molecule has 3 rings (SSSR count). The van der Waals surface area contributed by atoms with Crippen molar-refractivity contribution in [2.24, 2.45) is 0 Å². The van der Waals surface area contributed by atoms with Crippen LogP contribution in [0.15, 0.2) is 61.3 Å². The number of nitrogens with two attached hydrogens (primary N) is 1. The van der Waals surface area contributed by atoms with Crippen molar-refractivity contribution in [3.05, 3.63) is 71.9 Å². The molecule has 1 amide bonds. The highest BCUT2D eigenvalue weighted by atomic mass is 35.5. The third kappa shape index (κ3) is 6.44. The maximum atomic E-state index is 12.0. The van der Waals surface area contributed by atoms with Crippen LogP contribution in [-0.4, -0.2) is 33.5 Å². The molecule has 2 aromatic carbocycles. The summed E-state index contributed by atoms with van der Waals surface area (Å²) in [6.07, 6.45) is 3.27. The molecule has 0 saturated heterocycles. The van der Waals surface area contributed by atoms with Gasteiger partial charge in [-0.3, -0.25) is 14.8 Å². The molecule has 0 aliphatic rings. The average Bonchev–Trinajstić information content (AvgIpc) is 2.85. The lowest BCUT2D eigenvalue weighted by Crippen LogP contribution is -2.18. The number of para-hydroxylation sites is 1. The molecule has 11 heteroatoms. The van der Waals surface area contributed by atoms with Gasteiger partial charge in [0.25, 0.3) is 0 Å². The minimum Gasteiger partial charge on any atom is -0.494 e. The lowest BCUT2D eigenvalue weighted by atomic mass is 10.1. The van der Waals surface area contributed by atoms with Crippen molar-refractivity contribution in [3.63, 3.8) is 0 Å². The molecule has 176 valence electrons. The molecule has 0 unspecified atom stereocenters. The van der Waals surface area contributed by atoms with Crippen LogP contribution in [-0.2, 0) is 4.79 Å². The minimum atomic E-state index is -0.458. The Morgan fingerprint density at radius 3 is 2.65 bits per heavy atom. The van der Waals surface area contributed by atoms with Gasteiger partial charge in [-0.1, -0.05) is 24.2 Å². The van der Waals surface area contributed by atoms with Gasteiger partial charge >= 0.3 is 0 Å². The van der Waals surface area contributed by atoms with Crippen molar-refractivity contribution >= 4 is 52.1 Å². The number of nitrogens with one attached hydrogen (secondary N) is 3. The Labute approximate surface area is 200 Å². The number of ketones is 1. The largest absolute Gasteiger partial charge is 0.494 e. The zero-order valence-corrected chi connectivity index (χ0v) is 18.8. The van der Waals surface area contributed by atoms with Gasteiger partial charge in [-0.25, -0.2) is 10.5 Å². The lowest BCUT2D eigenvalue weighted by molar-refractivity contribution is -0.129. The van der Waals surface area contributed by atoms with Gasteiger partial charge in [0.05, 0.1) is 24.2 Å². The Balaban J connectivity index is 1.66. The van der Waals surface area contributed by atoms with E-state index in [0.29, 0.717) is 41.5 Å². The first kappa shape index (κ1) is 24.5. The number of anilines is 5. The molecule has 0 atom stereocenters. The number of hydrogen-bond donors (Lipinski definition) is 5. The number of nitrogen functional groups attached to an aromatic ring is 1. The first-order valence-electron chi connectivity index (χ1n) is 10.2. The molecule has 0 aliphatic heterocycles. The van der Waals surface area contributed by atoms with E-state index in [4.69, 9.17) is 27.3 Å². The highest BCUT2D eigenvalue weighted by Crippen LogP contribution is 2.30. The normalized spacial score (nSPS) is 10.3. The lowest BCUT2D eigenvalue weighted by Gasteiger charge is -2.13. The van der Waals surface area contributed by atoms with Gasteiger partial charge in [0, 0.05) is 17.7 Å². The van der Waals surface area contributed by atoms with Crippen LogP contribution in [0.5, 0.6) is 5.75 Å². The van der Waals surface area contributed by atoms with Crippen molar-refractivity contribution < 1.29 is 19.5 Å². The zero-order chi connectivity index (χ0) is 24.5. The Kier molecular flexibility index (Phi) is 8.38. The Hall–Kier alpha value is -4.15. The summed E-state index contributed by atoms with van der Waals surface area (Å²) in [5.41, 5.74) is 9.45. The van der Waals surface area contributed by atoms with Crippen LogP contribution in [0.4, 0.5) is 28.8 Å². The number of aromatic nitrogens is 2. The Morgan fingerprint density at radius 2 is 1.94 bits per heavy atom. The van der Waals surface area contributed by atoms with E-state index in [-0.39, 0.29) is 28.9 Å². The van der Waals surface area contributed by atoms with E-state index >= 15 is 0 Å². The van der Waals surface area contributed by atoms with Crippen LogP contribution in [0.2, 0.25) is 5.02 Å². The van der Waals surface area contributed by atoms with Gasteiger partial charge in [0.15, 0.2) is 11.6 Å². The molecule has 1 heterocycles. The standard InChI is InChI=1S/C23H23ClN6O4/c1-2-19(31)16-5-3-6-18(21(16)25)28-22-17(24)13-26-23(29-22)27-14-8-10-15(11-9-14)34-12-4-7-20(32)30-33/h2-3,5-6,8-11,13,33H,1,4,7,12,25H2,(H,30,32)(H2,26,27,28,29). The van der Waals surface area contributed by atoms with E-state index in [0.717, 1.165) is 0 Å². The summed E-state index contributed by atoms with van der Waals surface area (Å²) in [5, 5.41) is 14.8. The first-order valence-corrected chi connectivity index (χ1v) is 10.6. The summed E-state index contributed by atoms with van der Waals surface area (Å²) < 4.78 is 5.56. The minimum absolute atomic E-state index is 0.168. The number of rotatable bonds is 11. The molecular formula is C23H23ClN6O4. The third-order valence-corrected chi connectivity index (χ3v) is 4.88. The Morgan fingerprint density at radius 1 is 1.18 bits per heavy atom. The number of amides is 1. The quantitative estimate of drug-likeness (QED) is 0.0674. The molecule has 0 fully saturated rings. The molecular weight excluding hydrogens is 460 g/mol. The second kappa shape index (κ2) is 11.6. The first-order chi connectivity index (χ1) is 16.4. The second-order valence-electron chi connectivity index (χ2n) is 6.99. The third-order valence-electron chi connectivity index (χ3n) is 4.61. The predicted octanol–water partition coefficient (Wildman–Crippen LogP) is 4.23. The van der Waals surface area contributed by atoms with E-state index in [1.165, 1.54) is 12.3 Å². The SMILES string of the molecule is C=CC(=O)c1cccc(Nc2nc(Nc3ccc(OCCCC(=O)NO)cc3)ncc2Cl)c1N. The molecule has 1 aromatic heterocycles. The number of benzene rings is 2. The van der Waals surface area contributed by atoms with Crippen LogP contribution in [0, 0.1) is 0 Å². The number of carbonyl (C=O) groups excluding carboxylic acids is 2. The fourth-order valence-electron chi connectivity index (χ4n) is 2.88. The average molecular weight is 483 g/mol. The smallest absolute Gasteiger partial charge is 0.243 e. The van der Waals surface area contributed by atoms with Crippen molar-refractivity contribution in [2.45, 2.75) is 12.8 Å². The highest BCUT2D eigenvalue weighted by Gasteiger charge is 2.13. The summed E-state index contributed by atoms with van der Waals surface area (Å²) in [4.78, 5) is 31.5. The van der Waals surface area contributed by atoms with Gasteiger partial charge in [-0.05, 0) is 48.9 Å². The number of hydroxylamine groups is 1. The molecule has 10 nitrogen and oxygen atoms in total. The van der Waals surface area contributed by atoms with Crippen LogP contribution >= 0.6 is 11.6 Å². The van der Waals surface area contributed by atoms with Crippen molar-refractivity contribution in [1.29, 1.82) is 0 Å². The Bertz CT molecular complexity index is 1190. The molecule has 0 bridgehead atoms. The summed E-state index contributed by atoms with van der Waals surface area (Å²) in [5.74, 6) is 0.466. The fourth-order valence-corrected chi connectivity index (χ4v) is 3.02. The van der Waals surface area contributed by atoms with E-state index in [1.54, 1.807) is 47.9 Å². The predicted molar refractivity (Wildman–Crippen MR) is 130 cm³/mol. The van der Waals surface area contributed by atoms with Gasteiger partial charge in [0.2, 0.25) is 11.9 Å². The van der Waals surface area contributed by atoms with Gasteiger partial charge < -0.3 is 21.1 Å². The number of ether oxygens (including phenoxy) is 1. The van der Waals surface area contributed by atoms with Crippen LogP contribution in [0.3, 0.4) is 0 Å². The maximum Gasteiger partial charge on any atom is 0.243 e. The van der Waals surface area contributed by atoms with Gasteiger partial charge in [-0.2, -0.15) is 4.98 Å². The van der Waals surface area contributed by atoms with Crippen molar-refractivity contribution in [1.82, 2.24) is 15.4 Å². The maximum absolute atomic E-state index is 12.0. The summed E-state index contributed by atoms with van der Waals surface area (Å²) in [7, 11) is 0. The fraction of sp³-hybridized carbons (Fsp3) is 0.130. The molecule has 6 N–H and O–H groups in total. The molecule has 34 heavy (non-hydrogen) atoms. The number of nitrogens with zero attached hydrogens (tertiary/aromatic N) is 2. The van der Waals surface area contributed by atoms with Crippen LogP contribution in [0.1, 0.15) is 23.2 Å². The molecule has 0 saturated carbocycles. The van der Waals surface area contributed by atoms with Crippen molar-refractivity contribution in [3.8, 4) is 5.75 Å². The van der Waals surface area contributed by atoms with Crippen molar-refractivity contribution in [2.75, 3.05) is 23.0 Å². The van der Waals surface area contributed by atoms with E-state index in [9.17, 15) is 9.59 Å². The van der Waals surface area contributed by atoms with E-state index < -0.39 is 5.91 Å². The summed E-state index contributed by atoms with van der Waals surface area (Å²) in [6.45, 7) is 3.82.